The van der Waals surface area contributed by atoms with Gasteiger partial charge in [0.25, 0.3) is 0 Å². The van der Waals surface area contributed by atoms with Crippen molar-refractivity contribution in [2.45, 2.75) is 0 Å². The van der Waals surface area contributed by atoms with Crippen LogP contribution in [0.3, 0.4) is 0 Å². The van der Waals surface area contributed by atoms with Gasteiger partial charge in [-0.3, -0.25) is 4.68 Å². The van der Waals surface area contributed by atoms with Crippen molar-refractivity contribution in [1.82, 2.24) is 19.7 Å². The normalized spacial score (nSPS) is 10.3. The molecule has 0 bridgehead atoms. The molecule has 2 rings (SSSR count). The van der Waals surface area contributed by atoms with Crippen molar-refractivity contribution in [2.24, 2.45) is 7.05 Å². The Morgan fingerprint density at radius 2 is 2.23 bits per heavy atom. The van der Waals surface area contributed by atoms with Crippen LogP contribution in [0.2, 0.25) is 5.15 Å². The Morgan fingerprint density at radius 1 is 1.38 bits per heavy atom. The number of halogens is 1. The fourth-order valence-electron chi connectivity index (χ4n) is 0.994. The summed E-state index contributed by atoms with van der Waals surface area (Å²) in [7, 11) is 1.84. The van der Waals surface area contributed by atoms with Crippen LogP contribution in [0.5, 0.6) is 0 Å². The average molecular weight is 195 g/mol. The summed E-state index contributed by atoms with van der Waals surface area (Å²) in [6, 6.07) is 3.47. The van der Waals surface area contributed by atoms with Crippen LogP contribution in [0.25, 0.3) is 11.5 Å². The maximum atomic E-state index is 5.72. The third-order valence-corrected chi connectivity index (χ3v) is 1.77. The van der Waals surface area contributed by atoms with Crippen LogP contribution in [0.1, 0.15) is 0 Å². The van der Waals surface area contributed by atoms with Crippen LogP contribution in [-0.2, 0) is 7.05 Å². The minimum Gasteiger partial charge on any atom is -0.275 e. The van der Waals surface area contributed by atoms with E-state index in [9.17, 15) is 0 Å². The van der Waals surface area contributed by atoms with Gasteiger partial charge in [-0.15, -0.1) is 0 Å². The molecule has 0 aliphatic heterocycles. The Morgan fingerprint density at radius 3 is 2.85 bits per heavy atom. The van der Waals surface area contributed by atoms with Gasteiger partial charge in [0.2, 0.25) is 0 Å². The van der Waals surface area contributed by atoms with Gasteiger partial charge in [0.05, 0.1) is 0 Å². The number of hydrogen-bond donors (Lipinski definition) is 0. The number of hydrogen-bond acceptors (Lipinski definition) is 3. The Labute approximate surface area is 80.2 Å². The lowest BCUT2D eigenvalue weighted by Gasteiger charge is -1.94. The highest BCUT2D eigenvalue weighted by atomic mass is 35.5. The summed E-state index contributed by atoms with van der Waals surface area (Å²) in [4.78, 5) is 8.09. The molecule has 5 heteroatoms. The molecule has 0 aliphatic rings. The average Bonchev–Trinajstić information content (AvgIpc) is 2.52. The Bertz CT molecular complexity index is 424. The van der Waals surface area contributed by atoms with Crippen molar-refractivity contribution < 1.29 is 0 Å². The van der Waals surface area contributed by atoms with Gasteiger partial charge in [-0.05, 0) is 12.1 Å². The predicted octanol–water partition coefficient (Wildman–Crippen LogP) is 1.53. The van der Waals surface area contributed by atoms with Crippen LogP contribution in [0.15, 0.2) is 24.5 Å². The van der Waals surface area contributed by atoms with E-state index in [0.717, 1.165) is 5.69 Å². The zero-order valence-corrected chi connectivity index (χ0v) is 7.73. The van der Waals surface area contributed by atoms with E-state index >= 15 is 0 Å². The summed E-state index contributed by atoms with van der Waals surface area (Å²) in [5, 5.41) is 4.58. The first kappa shape index (κ1) is 8.19. The second-order valence-corrected chi connectivity index (χ2v) is 2.96. The van der Waals surface area contributed by atoms with Gasteiger partial charge in [0.15, 0.2) is 5.82 Å². The number of aryl methyl sites for hydroxylation is 1. The molecule has 0 spiro atoms. The Kier molecular flexibility index (Phi) is 1.98. The molecule has 0 N–H and O–H groups in total. The van der Waals surface area contributed by atoms with E-state index in [1.54, 1.807) is 16.9 Å². The van der Waals surface area contributed by atoms with Gasteiger partial charge in [-0.25, -0.2) is 9.97 Å². The van der Waals surface area contributed by atoms with Crippen molar-refractivity contribution in [3.05, 3.63) is 29.7 Å². The smallest absolute Gasteiger partial charge is 0.181 e. The fraction of sp³-hybridized carbons (Fsp3) is 0.125. The molecule has 2 aromatic rings. The zero-order chi connectivity index (χ0) is 9.26. The molecule has 0 fully saturated rings. The van der Waals surface area contributed by atoms with E-state index in [0.29, 0.717) is 11.0 Å². The molecule has 0 unspecified atom stereocenters. The van der Waals surface area contributed by atoms with Gasteiger partial charge >= 0.3 is 0 Å². The molecule has 4 nitrogen and oxygen atoms in total. The molecule has 66 valence electrons. The van der Waals surface area contributed by atoms with E-state index in [2.05, 4.69) is 15.1 Å². The molecular formula is C8H7ClN4. The van der Waals surface area contributed by atoms with Gasteiger partial charge in [-0.1, -0.05) is 11.6 Å². The van der Waals surface area contributed by atoms with Crippen LogP contribution >= 0.6 is 11.6 Å². The lowest BCUT2D eigenvalue weighted by atomic mass is 10.4. The first-order chi connectivity index (χ1) is 6.25. The molecular weight excluding hydrogens is 188 g/mol. The predicted molar refractivity (Wildman–Crippen MR) is 49.2 cm³/mol. The summed E-state index contributed by atoms with van der Waals surface area (Å²) in [6.45, 7) is 0. The van der Waals surface area contributed by atoms with Crippen LogP contribution < -0.4 is 0 Å². The van der Waals surface area contributed by atoms with Gasteiger partial charge in [-0.2, -0.15) is 5.10 Å². The highest BCUT2D eigenvalue weighted by Gasteiger charge is 2.03. The van der Waals surface area contributed by atoms with Crippen molar-refractivity contribution in [1.29, 1.82) is 0 Å². The maximum Gasteiger partial charge on any atom is 0.181 e. The quantitative estimate of drug-likeness (QED) is 0.647. The largest absolute Gasteiger partial charge is 0.275 e. The zero-order valence-electron chi connectivity index (χ0n) is 6.98. The van der Waals surface area contributed by atoms with E-state index in [-0.39, 0.29) is 0 Å². The number of aromatic nitrogens is 4. The first-order valence-corrected chi connectivity index (χ1v) is 4.12. The van der Waals surface area contributed by atoms with Gasteiger partial charge in [0, 0.05) is 19.4 Å². The monoisotopic (exact) mass is 194 g/mol. The molecule has 0 aliphatic carbocycles. The van der Waals surface area contributed by atoms with Crippen molar-refractivity contribution >= 4 is 11.6 Å². The molecule has 0 radical (unpaired) electrons. The van der Waals surface area contributed by atoms with Crippen molar-refractivity contribution in [2.75, 3.05) is 0 Å². The summed E-state index contributed by atoms with van der Waals surface area (Å²) < 4.78 is 1.69. The summed E-state index contributed by atoms with van der Waals surface area (Å²) in [6.07, 6.45) is 3.44. The maximum absolute atomic E-state index is 5.72. The molecule has 2 aromatic heterocycles. The van der Waals surface area contributed by atoms with E-state index in [1.165, 1.54) is 0 Å². The molecule has 0 saturated heterocycles. The SMILES string of the molecule is Cn1ccc(-c2nccc(Cl)n2)n1. The molecule has 0 atom stereocenters. The van der Waals surface area contributed by atoms with Crippen LogP contribution in [0.4, 0.5) is 0 Å². The van der Waals surface area contributed by atoms with E-state index in [4.69, 9.17) is 11.6 Å². The molecule has 13 heavy (non-hydrogen) atoms. The van der Waals surface area contributed by atoms with Crippen molar-refractivity contribution in [3.63, 3.8) is 0 Å². The summed E-state index contributed by atoms with van der Waals surface area (Å²) in [5.41, 5.74) is 0.727. The van der Waals surface area contributed by atoms with Crippen LogP contribution in [0, 0.1) is 0 Å². The minimum absolute atomic E-state index is 0.427. The van der Waals surface area contributed by atoms with E-state index in [1.807, 2.05) is 19.3 Å². The topological polar surface area (TPSA) is 43.6 Å². The minimum atomic E-state index is 0.427. The molecule has 2 heterocycles. The highest BCUT2D eigenvalue weighted by molar-refractivity contribution is 6.29. The van der Waals surface area contributed by atoms with E-state index < -0.39 is 0 Å². The number of nitrogens with zero attached hydrogens (tertiary/aromatic N) is 4. The third-order valence-electron chi connectivity index (χ3n) is 1.56. The van der Waals surface area contributed by atoms with Gasteiger partial charge < -0.3 is 0 Å². The molecule has 0 amide bonds. The Hall–Kier alpha value is -1.42. The van der Waals surface area contributed by atoms with Gasteiger partial charge in [0.1, 0.15) is 10.8 Å². The summed E-state index contributed by atoms with van der Waals surface area (Å²) in [5.74, 6) is 0.549. The highest BCUT2D eigenvalue weighted by Crippen LogP contribution is 2.12. The third kappa shape index (κ3) is 1.67. The second kappa shape index (κ2) is 3.14. The Balaban J connectivity index is 2.46. The fourth-order valence-corrected chi connectivity index (χ4v) is 1.13. The number of rotatable bonds is 1. The first-order valence-electron chi connectivity index (χ1n) is 3.74. The standard InChI is InChI=1S/C8H7ClN4/c1-13-5-3-6(12-13)8-10-4-2-7(9)11-8/h2-5H,1H3. The van der Waals surface area contributed by atoms with Crippen LogP contribution in [-0.4, -0.2) is 19.7 Å². The lowest BCUT2D eigenvalue weighted by Crippen LogP contribution is -1.91. The summed E-state index contributed by atoms with van der Waals surface area (Å²) >= 11 is 5.72. The molecule has 0 saturated carbocycles. The lowest BCUT2D eigenvalue weighted by molar-refractivity contribution is 0.768. The molecule has 0 aromatic carbocycles. The second-order valence-electron chi connectivity index (χ2n) is 2.58. The van der Waals surface area contributed by atoms with Crippen molar-refractivity contribution in [3.8, 4) is 11.5 Å².